The van der Waals surface area contributed by atoms with E-state index in [1.165, 1.54) is 18.3 Å². The molecule has 0 unspecified atom stereocenters. The predicted octanol–water partition coefficient (Wildman–Crippen LogP) is 4.52. The summed E-state index contributed by atoms with van der Waals surface area (Å²) in [6, 6.07) is 2.54. The molecular weight excluding hydrogens is 326 g/mol. The van der Waals surface area contributed by atoms with E-state index in [-0.39, 0.29) is 29.1 Å². The van der Waals surface area contributed by atoms with E-state index in [4.69, 9.17) is 16.3 Å². The van der Waals surface area contributed by atoms with Crippen LogP contribution in [0.15, 0.2) is 18.3 Å². The van der Waals surface area contributed by atoms with E-state index in [1.807, 2.05) is 0 Å². The van der Waals surface area contributed by atoms with E-state index in [0.717, 1.165) is 0 Å². The van der Waals surface area contributed by atoms with Crippen LogP contribution in [-0.2, 0) is 10.7 Å². The van der Waals surface area contributed by atoms with Crippen LogP contribution in [0, 0.1) is 5.92 Å². The number of ether oxygens (including phenoxy) is 1. The van der Waals surface area contributed by atoms with Crippen molar-refractivity contribution in [1.29, 1.82) is 0 Å². The van der Waals surface area contributed by atoms with Gasteiger partial charge in [0.05, 0.1) is 0 Å². The number of rotatable bonds is 4. The summed E-state index contributed by atoms with van der Waals surface area (Å²) >= 11 is 5.73. The lowest BCUT2D eigenvalue weighted by Crippen LogP contribution is -2.47. The Morgan fingerprint density at radius 1 is 1.43 bits per heavy atom. The van der Waals surface area contributed by atoms with E-state index in [2.05, 4.69) is 10.3 Å². The van der Waals surface area contributed by atoms with Crippen LogP contribution in [0.5, 0.6) is 0 Å². The third-order valence-electron chi connectivity index (χ3n) is 3.60. The molecule has 128 valence electrons. The Kier molecular flexibility index (Phi) is 5.14. The third kappa shape index (κ3) is 5.30. The average molecular weight is 347 g/mol. The van der Waals surface area contributed by atoms with Crippen molar-refractivity contribution >= 4 is 17.7 Å². The summed E-state index contributed by atoms with van der Waals surface area (Å²) in [4.78, 5) is 15.3. The summed E-state index contributed by atoms with van der Waals surface area (Å²) in [5, 5.41) is 2.94. The number of alkyl carbamates (subject to hydrolysis) is 1. The zero-order chi connectivity index (χ0) is 17.3. The maximum atomic E-state index is 14.2. The first-order valence-electron chi connectivity index (χ1n) is 7.54. The highest BCUT2D eigenvalue weighted by Gasteiger charge is 2.41. The van der Waals surface area contributed by atoms with Crippen LogP contribution in [0.1, 0.15) is 45.7 Å². The third-order valence-corrected chi connectivity index (χ3v) is 3.83. The van der Waals surface area contributed by atoms with Crippen LogP contribution in [0.4, 0.5) is 13.6 Å². The van der Waals surface area contributed by atoms with Crippen molar-refractivity contribution in [3.8, 4) is 0 Å². The summed E-state index contributed by atoms with van der Waals surface area (Å²) in [7, 11) is 0. The Morgan fingerprint density at radius 2 is 2.09 bits per heavy atom. The average Bonchev–Trinajstić information content (AvgIpc) is 2.33. The standard InChI is InChI=1S/C16H21ClF2N2O2/c1-15(2,3)23-14(22)21-12-6-10(7-12)9-16(18,19)13-8-11(17)4-5-20-13/h4-5,8,10,12H,6-7,9H2,1-3H3,(H,21,22). The molecule has 0 saturated heterocycles. The lowest BCUT2D eigenvalue weighted by molar-refractivity contribution is -0.0480. The van der Waals surface area contributed by atoms with Gasteiger partial charge >= 0.3 is 6.09 Å². The van der Waals surface area contributed by atoms with Crippen molar-refractivity contribution in [2.24, 2.45) is 5.92 Å². The summed E-state index contributed by atoms with van der Waals surface area (Å²) in [6.07, 6.45) is 1.49. The predicted molar refractivity (Wildman–Crippen MR) is 83.6 cm³/mol. The molecule has 4 nitrogen and oxygen atoms in total. The maximum Gasteiger partial charge on any atom is 0.407 e. The minimum Gasteiger partial charge on any atom is -0.444 e. The van der Waals surface area contributed by atoms with E-state index >= 15 is 0 Å². The fourth-order valence-corrected chi connectivity index (χ4v) is 2.73. The molecule has 1 saturated carbocycles. The van der Waals surface area contributed by atoms with Crippen molar-refractivity contribution in [2.45, 2.75) is 57.6 Å². The molecule has 23 heavy (non-hydrogen) atoms. The number of alkyl halides is 2. The number of amides is 1. The van der Waals surface area contributed by atoms with Crippen LogP contribution in [0.2, 0.25) is 5.02 Å². The number of aromatic nitrogens is 1. The van der Waals surface area contributed by atoms with Crippen LogP contribution < -0.4 is 5.32 Å². The van der Waals surface area contributed by atoms with Gasteiger partial charge in [0.25, 0.3) is 5.92 Å². The number of nitrogens with one attached hydrogen (secondary N) is 1. The fourth-order valence-electron chi connectivity index (χ4n) is 2.57. The molecule has 1 fully saturated rings. The van der Waals surface area contributed by atoms with Gasteiger partial charge in [-0.25, -0.2) is 4.79 Å². The summed E-state index contributed by atoms with van der Waals surface area (Å²) < 4.78 is 33.5. The first kappa shape index (κ1) is 17.9. The second-order valence-corrected chi connectivity index (χ2v) is 7.38. The van der Waals surface area contributed by atoms with Crippen LogP contribution in [0.25, 0.3) is 0 Å². The monoisotopic (exact) mass is 346 g/mol. The SMILES string of the molecule is CC(C)(C)OC(=O)NC1CC(CC(F)(F)c2cc(Cl)ccn2)C1. The Labute approximate surface area is 139 Å². The molecule has 2 rings (SSSR count). The van der Waals surface area contributed by atoms with E-state index < -0.39 is 17.6 Å². The molecule has 1 aliphatic rings. The lowest BCUT2D eigenvalue weighted by Gasteiger charge is -2.37. The molecule has 1 N–H and O–H groups in total. The Balaban J connectivity index is 1.80. The van der Waals surface area contributed by atoms with Gasteiger partial charge in [0.2, 0.25) is 0 Å². The van der Waals surface area contributed by atoms with Crippen molar-refractivity contribution < 1.29 is 18.3 Å². The van der Waals surface area contributed by atoms with Gasteiger partial charge in [-0.2, -0.15) is 8.78 Å². The van der Waals surface area contributed by atoms with E-state index in [0.29, 0.717) is 12.8 Å². The van der Waals surface area contributed by atoms with Gasteiger partial charge in [-0.15, -0.1) is 0 Å². The molecule has 0 aliphatic heterocycles. The maximum absolute atomic E-state index is 14.2. The highest BCUT2D eigenvalue weighted by atomic mass is 35.5. The number of nitrogens with zero attached hydrogens (tertiary/aromatic N) is 1. The Bertz CT molecular complexity index is 569. The van der Waals surface area contributed by atoms with Gasteiger partial charge in [0, 0.05) is 23.7 Å². The van der Waals surface area contributed by atoms with E-state index in [9.17, 15) is 13.6 Å². The number of hydrogen-bond acceptors (Lipinski definition) is 3. The molecule has 0 radical (unpaired) electrons. The minimum atomic E-state index is -3.02. The van der Waals surface area contributed by atoms with Crippen LogP contribution >= 0.6 is 11.6 Å². The fraction of sp³-hybridized carbons (Fsp3) is 0.625. The van der Waals surface area contributed by atoms with Gasteiger partial charge in [-0.05, 0) is 51.7 Å². The molecule has 0 atom stereocenters. The smallest absolute Gasteiger partial charge is 0.407 e. The zero-order valence-corrected chi connectivity index (χ0v) is 14.2. The minimum absolute atomic E-state index is 0.113. The number of carbonyl (C=O) groups is 1. The molecule has 1 heterocycles. The number of halogens is 3. The first-order valence-corrected chi connectivity index (χ1v) is 7.92. The van der Waals surface area contributed by atoms with Crippen molar-refractivity contribution in [3.05, 3.63) is 29.0 Å². The quantitative estimate of drug-likeness (QED) is 0.872. The molecule has 1 aromatic heterocycles. The molecule has 1 aromatic rings. The highest BCUT2D eigenvalue weighted by Crippen LogP contribution is 2.41. The van der Waals surface area contributed by atoms with Crippen LogP contribution in [-0.4, -0.2) is 22.7 Å². The molecule has 0 bridgehead atoms. The van der Waals surface area contributed by atoms with Crippen molar-refractivity contribution in [1.82, 2.24) is 10.3 Å². The molecule has 0 aromatic carbocycles. The van der Waals surface area contributed by atoms with Gasteiger partial charge in [-0.3, -0.25) is 4.98 Å². The second-order valence-electron chi connectivity index (χ2n) is 6.95. The Hall–Kier alpha value is -1.43. The molecule has 7 heteroatoms. The molecule has 1 amide bonds. The zero-order valence-electron chi connectivity index (χ0n) is 13.4. The molecule has 0 spiro atoms. The Morgan fingerprint density at radius 3 is 2.65 bits per heavy atom. The summed E-state index contributed by atoms with van der Waals surface area (Å²) in [6.45, 7) is 5.32. The number of pyridine rings is 1. The largest absolute Gasteiger partial charge is 0.444 e. The van der Waals surface area contributed by atoms with Gasteiger partial charge in [-0.1, -0.05) is 11.6 Å². The second kappa shape index (κ2) is 6.59. The summed E-state index contributed by atoms with van der Waals surface area (Å²) in [5.41, 5.74) is -0.882. The molecular formula is C16H21ClF2N2O2. The van der Waals surface area contributed by atoms with Gasteiger partial charge in [0.1, 0.15) is 11.3 Å². The topological polar surface area (TPSA) is 51.2 Å². The van der Waals surface area contributed by atoms with E-state index in [1.54, 1.807) is 20.8 Å². The van der Waals surface area contributed by atoms with Crippen LogP contribution in [0.3, 0.4) is 0 Å². The number of hydrogen-bond donors (Lipinski definition) is 1. The molecule has 1 aliphatic carbocycles. The van der Waals surface area contributed by atoms with Gasteiger partial charge < -0.3 is 10.1 Å². The first-order chi connectivity index (χ1) is 10.5. The van der Waals surface area contributed by atoms with Crippen molar-refractivity contribution in [3.63, 3.8) is 0 Å². The highest BCUT2D eigenvalue weighted by molar-refractivity contribution is 6.30. The number of carbonyl (C=O) groups excluding carboxylic acids is 1. The summed E-state index contributed by atoms with van der Waals surface area (Å²) in [5.74, 6) is -3.18. The lowest BCUT2D eigenvalue weighted by atomic mass is 9.76. The van der Waals surface area contributed by atoms with Crippen molar-refractivity contribution in [2.75, 3.05) is 0 Å². The normalized spacial score (nSPS) is 21.5. The van der Waals surface area contributed by atoms with Gasteiger partial charge in [0.15, 0.2) is 0 Å².